The highest BCUT2D eigenvalue weighted by molar-refractivity contribution is 5.70. The zero-order valence-corrected chi connectivity index (χ0v) is 18.4. The van der Waals surface area contributed by atoms with Crippen LogP contribution in [0.4, 0.5) is 4.79 Å². The zero-order chi connectivity index (χ0) is 22.6. The standard InChI is InChI=1S/C25H30N2O5/c1-25(18-27(24(30)32-25)15-19-7-3-2-4-8-19)21-11-13-26(14-12-21)16-20-9-5-6-10-22(20)31-17-23(28)29/h2-10,21H,11-18H2,1H3,(H,28,29)/t25-/m0/s1. The molecule has 2 aliphatic heterocycles. The maximum absolute atomic E-state index is 12.5. The number of ether oxygens (including phenoxy) is 2. The van der Waals surface area contributed by atoms with Gasteiger partial charge in [0.15, 0.2) is 6.61 Å². The smallest absolute Gasteiger partial charge is 0.410 e. The fraction of sp³-hybridized carbons (Fsp3) is 0.440. The van der Waals surface area contributed by atoms with Crippen LogP contribution in [-0.2, 0) is 22.6 Å². The molecular weight excluding hydrogens is 408 g/mol. The number of carbonyl (C=O) groups is 2. The number of rotatable bonds is 8. The van der Waals surface area contributed by atoms with E-state index in [1.807, 2.05) is 54.6 Å². The summed E-state index contributed by atoms with van der Waals surface area (Å²) in [5.41, 5.74) is 1.62. The summed E-state index contributed by atoms with van der Waals surface area (Å²) in [4.78, 5) is 27.5. The lowest BCUT2D eigenvalue weighted by molar-refractivity contribution is -0.139. The topological polar surface area (TPSA) is 79.3 Å². The Bertz CT molecular complexity index is 942. The molecule has 7 nitrogen and oxygen atoms in total. The van der Waals surface area contributed by atoms with E-state index in [9.17, 15) is 9.59 Å². The van der Waals surface area contributed by atoms with E-state index in [1.165, 1.54) is 0 Å². The number of amides is 1. The molecule has 0 spiro atoms. The Morgan fingerprint density at radius 2 is 1.78 bits per heavy atom. The summed E-state index contributed by atoms with van der Waals surface area (Å²) in [6.07, 6.45) is 1.66. The summed E-state index contributed by atoms with van der Waals surface area (Å²) < 4.78 is 11.3. The summed E-state index contributed by atoms with van der Waals surface area (Å²) in [7, 11) is 0. The average Bonchev–Trinajstić information content (AvgIpc) is 3.08. The zero-order valence-electron chi connectivity index (χ0n) is 18.4. The first kappa shape index (κ1) is 22.1. The molecule has 0 aromatic heterocycles. The lowest BCUT2D eigenvalue weighted by Gasteiger charge is -2.39. The average molecular weight is 439 g/mol. The van der Waals surface area contributed by atoms with Gasteiger partial charge in [0.05, 0.1) is 6.54 Å². The highest BCUT2D eigenvalue weighted by Crippen LogP contribution is 2.37. The van der Waals surface area contributed by atoms with Crippen molar-refractivity contribution >= 4 is 12.1 Å². The molecule has 2 heterocycles. The number of hydrogen-bond acceptors (Lipinski definition) is 5. The minimum Gasteiger partial charge on any atom is -0.482 e. The van der Waals surface area contributed by atoms with Crippen LogP contribution in [0.15, 0.2) is 54.6 Å². The second-order valence-corrected chi connectivity index (χ2v) is 8.86. The Labute approximate surface area is 188 Å². The van der Waals surface area contributed by atoms with Gasteiger partial charge in [-0.15, -0.1) is 0 Å². The fourth-order valence-electron chi connectivity index (χ4n) is 4.73. The first-order chi connectivity index (χ1) is 15.4. The lowest BCUT2D eigenvalue weighted by Crippen LogP contribution is -2.45. The monoisotopic (exact) mass is 438 g/mol. The number of carboxylic acids is 1. The Hall–Kier alpha value is -3.06. The summed E-state index contributed by atoms with van der Waals surface area (Å²) in [6, 6.07) is 17.6. The molecule has 2 fully saturated rings. The second-order valence-electron chi connectivity index (χ2n) is 8.86. The predicted molar refractivity (Wildman–Crippen MR) is 119 cm³/mol. The lowest BCUT2D eigenvalue weighted by atomic mass is 9.81. The maximum Gasteiger partial charge on any atom is 0.410 e. The van der Waals surface area contributed by atoms with E-state index in [1.54, 1.807) is 4.90 Å². The van der Waals surface area contributed by atoms with Gasteiger partial charge in [-0.3, -0.25) is 9.80 Å². The van der Waals surface area contributed by atoms with Gasteiger partial charge in [-0.1, -0.05) is 48.5 Å². The van der Waals surface area contributed by atoms with Gasteiger partial charge in [-0.2, -0.15) is 0 Å². The normalized spacial score (nSPS) is 22.0. The van der Waals surface area contributed by atoms with Crippen LogP contribution in [0.25, 0.3) is 0 Å². The Morgan fingerprint density at radius 3 is 2.50 bits per heavy atom. The van der Waals surface area contributed by atoms with Gasteiger partial charge in [0, 0.05) is 24.6 Å². The molecule has 32 heavy (non-hydrogen) atoms. The highest BCUT2D eigenvalue weighted by atomic mass is 16.6. The van der Waals surface area contributed by atoms with Gasteiger partial charge in [0.2, 0.25) is 0 Å². The second kappa shape index (κ2) is 9.61. The van der Waals surface area contributed by atoms with Gasteiger partial charge in [0.25, 0.3) is 0 Å². The van der Waals surface area contributed by atoms with Gasteiger partial charge in [0.1, 0.15) is 11.4 Å². The molecule has 0 radical (unpaired) electrons. The molecular formula is C25H30N2O5. The molecule has 2 saturated heterocycles. The van der Waals surface area contributed by atoms with Crippen molar-refractivity contribution < 1.29 is 24.2 Å². The van der Waals surface area contributed by atoms with Crippen molar-refractivity contribution in [2.45, 2.75) is 38.5 Å². The Balaban J connectivity index is 1.32. The molecule has 7 heteroatoms. The number of carboxylic acid groups (broad SMARTS) is 1. The minimum atomic E-state index is -0.985. The molecule has 2 aromatic carbocycles. The van der Waals surface area contributed by atoms with Crippen molar-refractivity contribution in [3.63, 3.8) is 0 Å². The van der Waals surface area contributed by atoms with Crippen LogP contribution in [0.3, 0.4) is 0 Å². The molecule has 0 unspecified atom stereocenters. The number of likely N-dealkylation sites (tertiary alicyclic amines) is 1. The minimum absolute atomic E-state index is 0.233. The Kier molecular flexibility index (Phi) is 6.65. The van der Waals surface area contributed by atoms with Crippen molar-refractivity contribution in [3.8, 4) is 5.75 Å². The molecule has 0 aliphatic carbocycles. The van der Waals surface area contributed by atoms with Crippen molar-refractivity contribution in [2.75, 3.05) is 26.2 Å². The van der Waals surface area contributed by atoms with Gasteiger partial charge < -0.3 is 14.6 Å². The number of aliphatic carboxylic acids is 1. The van der Waals surface area contributed by atoms with Crippen molar-refractivity contribution in [2.24, 2.45) is 5.92 Å². The Morgan fingerprint density at radius 1 is 1.09 bits per heavy atom. The number of carbonyl (C=O) groups excluding carboxylic acids is 1. The number of hydrogen-bond donors (Lipinski definition) is 1. The third-order valence-corrected chi connectivity index (χ3v) is 6.47. The highest BCUT2D eigenvalue weighted by Gasteiger charge is 2.47. The third-order valence-electron chi connectivity index (χ3n) is 6.47. The first-order valence-electron chi connectivity index (χ1n) is 11.1. The van der Waals surface area contributed by atoms with Gasteiger partial charge in [-0.05, 0) is 44.5 Å². The first-order valence-corrected chi connectivity index (χ1v) is 11.1. The molecule has 2 aliphatic rings. The van der Waals surface area contributed by atoms with Crippen molar-refractivity contribution in [1.82, 2.24) is 9.80 Å². The molecule has 170 valence electrons. The summed E-state index contributed by atoms with van der Waals surface area (Å²) in [6.45, 7) is 5.39. The van der Waals surface area contributed by atoms with Crippen LogP contribution in [-0.4, -0.2) is 58.8 Å². The summed E-state index contributed by atoms with van der Waals surface area (Å²) in [5, 5.41) is 8.89. The molecule has 1 amide bonds. The van der Waals surface area contributed by atoms with E-state index < -0.39 is 11.6 Å². The van der Waals surface area contributed by atoms with E-state index in [0.717, 1.165) is 37.1 Å². The van der Waals surface area contributed by atoms with Crippen LogP contribution >= 0.6 is 0 Å². The molecule has 0 saturated carbocycles. The van der Waals surface area contributed by atoms with Crippen LogP contribution < -0.4 is 4.74 Å². The molecule has 1 N–H and O–H groups in total. The van der Waals surface area contributed by atoms with Crippen LogP contribution in [0, 0.1) is 5.92 Å². The predicted octanol–water partition coefficient (Wildman–Crippen LogP) is 3.77. The molecule has 2 aromatic rings. The van der Waals surface area contributed by atoms with E-state index >= 15 is 0 Å². The molecule has 0 bridgehead atoms. The van der Waals surface area contributed by atoms with E-state index in [2.05, 4.69) is 11.8 Å². The van der Waals surface area contributed by atoms with Crippen LogP contribution in [0.2, 0.25) is 0 Å². The third kappa shape index (κ3) is 5.22. The van der Waals surface area contributed by atoms with Crippen LogP contribution in [0.1, 0.15) is 30.9 Å². The van der Waals surface area contributed by atoms with Gasteiger partial charge in [-0.25, -0.2) is 9.59 Å². The van der Waals surface area contributed by atoms with Crippen molar-refractivity contribution in [3.05, 3.63) is 65.7 Å². The number of para-hydroxylation sites is 1. The summed E-state index contributed by atoms with van der Waals surface area (Å²) >= 11 is 0. The number of nitrogens with zero attached hydrogens (tertiary/aromatic N) is 2. The number of benzene rings is 2. The summed E-state index contributed by atoms with van der Waals surface area (Å²) in [5.74, 6) is -0.0616. The fourth-order valence-corrected chi connectivity index (χ4v) is 4.73. The molecule has 4 rings (SSSR count). The van der Waals surface area contributed by atoms with E-state index in [4.69, 9.17) is 14.6 Å². The quantitative estimate of drug-likeness (QED) is 0.676. The SMILES string of the molecule is C[C@@]1(C2CCN(Cc3ccccc3OCC(=O)O)CC2)CN(Cc2ccccc2)C(=O)O1. The van der Waals surface area contributed by atoms with Crippen molar-refractivity contribution in [1.29, 1.82) is 0 Å². The van der Waals surface area contributed by atoms with E-state index in [-0.39, 0.29) is 12.7 Å². The number of cyclic esters (lactones) is 1. The van der Waals surface area contributed by atoms with E-state index in [0.29, 0.717) is 31.3 Å². The molecule has 1 atom stereocenters. The number of piperidine rings is 1. The van der Waals surface area contributed by atoms with Crippen LogP contribution in [0.5, 0.6) is 5.75 Å². The largest absolute Gasteiger partial charge is 0.482 e. The van der Waals surface area contributed by atoms with Gasteiger partial charge >= 0.3 is 12.1 Å². The maximum atomic E-state index is 12.5.